The number of amides is 2. The fourth-order valence-corrected chi connectivity index (χ4v) is 4.20. The summed E-state index contributed by atoms with van der Waals surface area (Å²) in [6.07, 6.45) is 4.09. The minimum Gasteiger partial charge on any atom is -0.352 e. The van der Waals surface area contributed by atoms with Crippen LogP contribution in [0.25, 0.3) is 0 Å². The Morgan fingerprint density at radius 2 is 1.58 bits per heavy atom. The Labute approximate surface area is 202 Å². The molecule has 2 N–H and O–H groups in total. The van der Waals surface area contributed by atoms with Gasteiger partial charge in [0.1, 0.15) is 0 Å². The van der Waals surface area contributed by atoms with Gasteiger partial charge in [-0.15, -0.1) is 0 Å². The number of rotatable bonds is 11. The van der Waals surface area contributed by atoms with Crippen LogP contribution in [0.2, 0.25) is 5.02 Å². The largest absolute Gasteiger partial charge is 0.352 e. The van der Waals surface area contributed by atoms with E-state index in [1.165, 1.54) is 0 Å². The second-order valence-electron chi connectivity index (χ2n) is 8.49. The predicted octanol–water partition coefficient (Wildman–Crippen LogP) is 4.02. The summed E-state index contributed by atoms with van der Waals surface area (Å²) in [7, 11) is 0. The van der Waals surface area contributed by atoms with Gasteiger partial charge in [0.25, 0.3) is 11.8 Å². The van der Waals surface area contributed by atoms with Crippen molar-refractivity contribution < 1.29 is 9.59 Å². The smallest absolute Gasteiger partial charge is 0.252 e. The number of nitrogens with one attached hydrogen (secondary N) is 2. The quantitative estimate of drug-likeness (QED) is 0.487. The number of carbonyl (C=O) groups excluding carboxylic acids is 2. The molecule has 1 aliphatic rings. The van der Waals surface area contributed by atoms with Gasteiger partial charge in [-0.1, -0.05) is 49.6 Å². The summed E-state index contributed by atoms with van der Waals surface area (Å²) < 4.78 is 0. The van der Waals surface area contributed by atoms with Gasteiger partial charge in [-0.25, -0.2) is 0 Å². The maximum atomic E-state index is 12.7. The molecule has 0 radical (unpaired) electrons. The molecule has 2 aromatic carbocycles. The zero-order chi connectivity index (χ0) is 23.5. The normalized spacial score (nSPS) is 15.7. The number of hydrogen-bond donors (Lipinski definition) is 2. The van der Waals surface area contributed by atoms with Crippen molar-refractivity contribution in [3.8, 4) is 0 Å². The Morgan fingerprint density at radius 3 is 2.24 bits per heavy atom. The van der Waals surface area contributed by atoms with Crippen LogP contribution in [0, 0.1) is 0 Å². The molecule has 1 unspecified atom stereocenters. The average molecular weight is 471 g/mol. The molecule has 178 valence electrons. The third-order valence-electron chi connectivity index (χ3n) is 6.06. The van der Waals surface area contributed by atoms with E-state index in [2.05, 4.69) is 27.4 Å². The highest BCUT2D eigenvalue weighted by Crippen LogP contribution is 2.14. The lowest BCUT2D eigenvalue weighted by Gasteiger charge is -2.39. The number of hydrogen-bond acceptors (Lipinski definition) is 4. The minimum absolute atomic E-state index is 0.0179. The Balaban J connectivity index is 1.41. The van der Waals surface area contributed by atoms with Crippen molar-refractivity contribution in [3.05, 3.63) is 70.7 Å². The van der Waals surface area contributed by atoms with Crippen LogP contribution in [0.5, 0.6) is 0 Å². The highest BCUT2D eigenvalue weighted by Gasteiger charge is 2.25. The van der Waals surface area contributed by atoms with E-state index in [-0.39, 0.29) is 18.0 Å². The lowest BCUT2D eigenvalue weighted by atomic mass is 10.1. The van der Waals surface area contributed by atoms with Crippen LogP contribution in [-0.2, 0) is 0 Å². The fraction of sp³-hybridized carbons (Fsp3) is 0.462. The number of piperazine rings is 1. The Hall–Kier alpha value is -2.41. The number of halogens is 1. The van der Waals surface area contributed by atoms with Crippen LogP contribution in [0.1, 0.15) is 53.3 Å². The molecule has 1 saturated heterocycles. The van der Waals surface area contributed by atoms with Gasteiger partial charge in [-0.2, -0.15) is 0 Å². The van der Waals surface area contributed by atoms with E-state index in [1.54, 1.807) is 24.3 Å². The van der Waals surface area contributed by atoms with Gasteiger partial charge in [0.2, 0.25) is 0 Å². The Kier molecular flexibility index (Phi) is 10.2. The van der Waals surface area contributed by atoms with Crippen LogP contribution in [0.15, 0.2) is 54.6 Å². The van der Waals surface area contributed by atoms with Gasteiger partial charge >= 0.3 is 0 Å². The monoisotopic (exact) mass is 470 g/mol. The molecule has 0 spiro atoms. The predicted molar refractivity (Wildman–Crippen MR) is 134 cm³/mol. The molecule has 0 aliphatic carbocycles. The molecule has 7 heteroatoms. The highest BCUT2D eigenvalue weighted by molar-refractivity contribution is 6.30. The van der Waals surface area contributed by atoms with Crippen molar-refractivity contribution in [2.24, 2.45) is 0 Å². The van der Waals surface area contributed by atoms with Crippen molar-refractivity contribution in [2.75, 3.05) is 39.3 Å². The third kappa shape index (κ3) is 8.14. The van der Waals surface area contributed by atoms with E-state index < -0.39 is 0 Å². The molecule has 1 fully saturated rings. The summed E-state index contributed by atoms with van der Waals surface area (Å²) in [6, 6.07) is 16.3. The van der Waals surface area contributed by atoms with Crippen LogP contribution in [-0.4, -0.2) is 67.0 Å². The van der Waals surface area contributed by atoms with Crippen molar-refractivity contribution in [2.45, 2.75) is 38.8 Å². The molecular formula is C26H35ClN4O2. The van der Waals surface area contributed by atoms with Crippen LogP contribution >= 0.6 is 11.6 Å². The van der Waals surface area contributed by atoms with Crippen LogP contribution < -0.4 is 10.6 Å². The van der Waals surface area contributed by atoms with Crippen molar-refractivity contribution in [1.29, 1.82) is 0 Å². The van der Waals surface area contributed by atoms with Crippen molar-refractivity contribution in [1.82, 2.24) is 20.4 Å². The molecule has 1 atom stereocenters. The number of benzene rings is 2. The van der Waals surface area contributed by atoms with Crippen molar-refractivity contribution >= 4 is 23.4 Å². The summed E-state index contributed by atoms with van der Waals surface area (Å²) in [5.41, 5.74) is 1.34. The standard InChI is InChI=1S/C26H35ClN4O2/c1-2-3-10-24(29-26(33)22-11-13-23(27)14-12-22)31-19-17-30(18-20-31)16-7-15-28-25(32)21-8-5-4-6-9-21/h4-6,8-9,11-14,24H,2-3,7,10,15-20H2,1H3,(H,28,32)(H,29,33). The molecular weight excluding hydrogens is 436 g/mol. The molecule has 0 bridgehead atoms. The Morgan fingerprint density at radius 1 is 0.909 bits per heavy atom. The average Bonchev–Trinajstić information content (AvgIpc) is 2.85. The van der Waals surface area contributed by atoms with Gasteiger partial charge in [-0.3, -0.25) is 14.5 Å². The van der Waals surface area contributed by atoms with Gasteiger partial charge in [0, 0.05) is 48.9 Å². The first-order chi connectivity index (χ1) is 16.1. The number of unbranched alkanes of at least 4 members (excludes halogenated alkanes) is 1. The van der Waals surface area contributed by atoms with E-state index in [1.807, 2.05) is 30.3 Å². The minimum atomic E-state index is -0.0515. The maximum absolute atomic E-state index is 12.7. The van der Waals surface area contributed by atoms with Gasteiger partial charge in [0.15, 0.2) is 0 Å². The van der Waals surface area contributed by atoms with E-state index in [9.17, 15) is 9.59 Å². The summed E-state index contributed by atoms with van der Waals surface area (Å²) in [5.74, 6) is -0.0695. The van der Waals surface area contributed by atoms with Gasteiger partial charge < -0.3 is 15.5 Å². The number of carbonyl (C=O) groups is 2. The summed E-state index contributed by atoms with van der Waals surface area (Å²) in [4.78, 5) is 29.7. The van der Waals surface area contributed by atoms with Gasteiger partial charge in [0.05, 0.1) is 6.17 Å². The van der Waals surface area contributed by atoms with Gasteiger partial charge in [-0.05, 0) is 55.8 Å². The summed E-state index contributed by atoms with van der Waals surface area (Å²) in [5, 5.41) is 6.86. The molecule has 33 heavy (non-hydrogen) atoms. The lowest BCUT2D eigenvalue weighted by molar-refractivity contribution is 0.0630. The second kappa shape index (κ2) is 13.3. The third-order valence-corrected chi connectivity index (χ3v) is 6.31. The van der Waals surface area contributed by atoms with Crippen LogP contribution in [0.3, 0.4) is 0 Å². The zero-order valence-electron chi connectivity index (χ0n) is 19.4. The van der Waals surface area contributed by atoms with E-state index in [4.69, 9.17) is 11.6 Å². The highest BCUT2D eigenvalue weighted by atomic mass is 35.5. The van der Waals surface area contributed by atoms with E-state index in [0.29, 0.717) is 22.7 Å². The SMILES string of the molecule is CCCCC(NC(=O)c1ccc(Cl)cc1)N1CCN(CCCNC(=O)c2ccccc2)CC1. The molecule has 2 aromatic rings. The zero-order valence-corrected chi connectivity index (χ0v) is 20.2. The molecule has 1 heterocycles. The van der Waals surface area contributed by atoms with E-state index >= 15 is 0 Å². The first kappa shape index (κ1) is 25.2. The molecule has 6 nitrogen and oxygen atoms in total. The van der Waals surface area contributed by atoms with E-state index in [0.717, 1.165) is 58.4 Å². The molecule has 0 saturated carbocycles. The molecule has 3 rings (SSSR count). The van der Waals surface area contributed by atoms with Crippen molar-refractivity contribution in [3.63, 3.8) is 0 Å². The first-order valence-electron chi connectivity index (χ1n) is 11.9. The Bertz CT molecular complexity index is 868. The maximum Gasteiger partial charge on any atom is 0.252 e. The molecule has 0 aromatic heterocycles. The molecule has 2 amide bonds. The topological polar surface area (TPSA) is 64.7 Å². The number of nitrogens with zero attached hydrogens (tertiary/aromatic N) is 2. The molecule has 1 aliphatic heterocycles. The lowest BCUT2D eigenvalue weighted by Crippen LogP contribution is -2.56. The fourth-order valence-electron chi connectivity index (χ4n) is 4.07. The summed E-state index contributed by atoms with van der Waals surface area (Å²) in [6.45, 7) is 7.58. The summed E-state index contributed by atoms with van der Waals surface area (Å²) >= 11 is 5.95. The van der Waals surface area contributed by atoms with Crippen LogP contribution in [0.4, 0.5) is 0 Å². The first-order valence-corrected chi connectivity index (χ1v) is 12.3. The second-order valence-corrected chi connectivity index (χ2v) is 8.93.